The normalized spacial score (nSPS) is 15.7. The van der Waals surface area contributed by atoms with Crippen LogP contribution >= 0.6 is 0 Å². The van der Waals surface area contributed by atoms with Gasteiger partial charge in [0.25, 0.3) is 0 Å². The Hall–Kier alpha value is -4.37. The molecule has 2 atom stereocenters. The SMILES string of the molecule is CCOc1cc(O[C@@H]2CCOC2)c(F)c(C(Nc2ccc(C(=N)N)cc2)c2ncc(-c3ccccc3)[nH]2)c1. The molecule has 3 aromatic carbocycles. The number of nitrogens with one attached hydrogen (secondary N) is 3. The summed E-state index contributed by atoms with van der Waals surface area (Å²) in [7, 11) is 0. The van der Waals surface area contributed by atoms with Gasteiger partial charge in [-0.1, -0.05) is 30.3 Å². The number of nitrogens with two attached hydrogens (primary N) is 1. The highest BCUT2D eigenvalue weighted by Gasteiger charge is 2.27. The number of hydrogen-bond donors (Lipinski definition) is 4. The van der Waals surface area contributed by atoms with E-state index in [9.17, 15) is 0 Å². The smallest absolute Gasteiger partial charge is 0.171 e. The second-order valence-electron chi connectivity index (χ2n) is 8.98. The number of aromatic nitrogens is 2. The Morgan fingerprint density at radius 2 is 2.00 bits per heavy atom. The topological polar surface area (TPSA) is 118 Å². The van der Waals surface area contributed by atoms with Crippen LogP contribution in [0.4, 0.5) is 10.1 Å². The molecule has 1 fully saturated rings. The van der Waals surface area contributed by atoms with Crippen molar-refractivity contribution in [2.75, 3.05) is 25.1 Å². The molecule has 0 radical (unpaired) electrons. The minimum Gasteiger partial charge on any atom is -0.494 e. The van der Waals surface area contributed by atoms with E-state index in [0.29, 0.717) is 54.6 Å². The molecule has 1 unspecified atom stereocenters. The van der Waals surface area contributed by atoms with Crippen molar-refractivity contribution in [3.8, 4) is 22.8 Å². The predicted octanol–water partition coefficient (Wildman–Crippen LogP) is 5.27. The second-order valence-corrected chi connectivity index (χ2v) is 8.98. The monoisotopic (exact) mass is 515 g/mol. The first-order valence-corrected chi connectivity index (χ1v) is 12.5. The molecule has 1 aliphatic rings. The summed E-state index contributed by atoms with van der Waals surface area (Å²) in [5.41, 5.74) is 8.99. The third-order valence-corrected chi connectivity index (χ3v) is 6.31. The Bertz CT molecular complexity index is 1390. The van der Waals surface area contributed by atoms with Gasteiger partial charge in [-0.3, -0.25) is 5.41 Å². The third kappa shape index (κ3) is 5.63. The van der Waals surface area contributed by atoms with Crippen LogP contribution in [0.5, 0.6) is 11.5 Å². The first kappa shape index (κ1) is 25.3. The molecule has 0 spiro atoms. The highest BCUT2D eigenvalue weighted by atomic mass is 19.1. The average Bonchev–Trinajstić information content (AvgIpc) is 3.63. The van der Waals surface area contributed by atoms with Gasteiger partial charge in [0.15, 0.2) is 11.6 Å². The molecule has 0 amide bonds. The molecular weight excluding hydrogens is 485 g/mol. The molecule has 1 saturated heterocycles. The molecule has 0 bridgehead atoms. The lowest BCUT2D eigenvalue weighted by Gasteiger charge is -2.22. The largest absolute Gasteiger partial charge is 0.494 e. The highest BCUT2D eigenvalue weighted by Crippen LogP contribution is 2.36. The Balaban J connectivity index is 1.57. The van der Waals surface area contributed by atoms with Crippen LogP contribution in [0.2, 0.25) is 0 Å². The molecule has 9 heteroatoms. The number of amidine groups is 1. The van der Waals surface area contributed by atoms with E-state index < -0.39 is 11.9 Å². The van der Waals surface area contributed by atoms with Crippen molar-refractivity contribution in [1.29, 1.82) is 5.41 Å². The Kier molecular flexibility index (Phi) is 7.55. The van der Waals surface area contributed by atoms with E-state index in [4.69, 9.17) is 25.4 Å². The van der Waals surface area contributed by atoms with Crippen molar-refractivity contribution in [2.45, 2.75) is 25.5 Å². The molecule has 0 saturated carbocycles. The van der Waals surface area contributed by atoms with E-state index in [1.165, 1.54) is 0 Å². The van der Waals surface area contributed by atoms with Gasteiger partial charge >= 0.3 is 0 Å². The number of hydrogen-bond acceptors (Lipinski definition) is 6. The van der Waals surface area contributed by atoms with E-state index in [1.54, 1.807) is 42.6 Å². The Morgan fingerprint density at radius 3 is 2.68 bits per heavy atom. The van der Waals surface area contributed by atoms with Gasteiger partial charge in [0.1, 0.15) is 29.6 Å². The van der Waals surface area contributed by atoms with Crippen LogP contribution in [0, 0.1) is 11.2 Å². The standard InChI is InChI=1S/C29H30FN5O3/c1-2-37-22-14-23(26(30)25(15-22)38-21-12-13-36-17-21)27(34-20-10-8-19(9-11-20)28(31)32)29-33-16-24(35-29)18-6-4-3-5-7-18/h3-11,14-16,21,27,34H,2,12-13,17H2,1H3,(H3,31,32)(H,33,35)/t21-,27?/m1/s1. The van der Waals surface area contributed by atoms with Crippen LogP contribution in [0.25, 0.3) is 11.3 Å². The van der Waals surface area contributed by atoms with Crippen LogP contribution < -0.4 is 20.5 Å². The van der Waals surface area contributed by atoms with Gasteiger partial charge in [-0.25, -0.2) is 9.37 Å². The third-order valence-electron chi connectivity index (χ3n) is 6.31. The van der Waals surface area contributed by atoms with E-state index in [0.717, 1.165) is 11.3 Å². The highest BCUT2D eigenvalue weighted by molar-refractivity contribution is 5.95. The number of benzene rings is 3. The first-order chi connectivity index (χ1) is 18.5. The molecule has 5 N–H and O–H groups in total. The Labute approximate surface area is 220 Å². The maximum Gasteiger partial charge on any atom is 0.171 e. The van der Waals surface area contributed by atoms with Crippen LogP contribution in [0.15, 0.2) is 72.9 Å². The fourth-order valence-corrected chi connectivity index (χ4v) is 4.38. The molecule has 1 aromatic heterocycles. The van der Waals surface area contributed by atoms with Gasteiger partial charge in [-0.2, -0.15) is 0 Å². The molecule has 2 heterocycles. The number of ether oxygens (including phenoxy) is 3. The zero-order chi connectivity index (χ0) is 26.5. The Morgan fingerprint density at radius 1 is 1.21 bits per heavy atom. The summed E-state index contributed by atoms with van der Waals surface area (Å²) < 4.78 is 33.3. The maximum atomic E-state index is 16.1. The van der Waals surface area contributed by atoms with Gasteiger partial charge in [-0.15, -0.1) is 0 Å². The lowest BCUT2D eigenvalue weighted by atomic mass is 10.0. The van der Waals surface area contributed by atoms with Crippen molar-refractivity contribution in [3.05, 3.63) is 95.7 Å². The number of imidazole rings is 1. The first-order valence-electron chi connectivity index (χ1n) is 12.5. The average molecular weight is 516 g/mol. The quantitative estimate of drug-likeness (QED) is 0.169. The zero-order valence-corrected chi connectivity index (χ0v) is 21.0. The summed E-state index contributed by atoms with van der Waals surface area (Å²) in [6, 6.07) is 19.4. The fraction of sp³-hybridized carbons (Fsp3) is 0.241. The molecule has 196 valence electrons. The number of halogens is 1. The van der Waals surface area contributed by atoms with Crippen molar-refractivity contribution in [2.24, 2.45) is 5.73 Å². The number of rotatable bonds is 10. The van der Waals surface area contributed by atoms with Crippen molar-refractivity contribution >= 4 is 11.5 Å². The minimum absolute atomic E-state index is 0.0280. The second kappa shape index (κ2) is 11.4. The van der Waals surface area contributed by atoms with Gasteiger partial charge in [0.05, 0.1) is 31.7 Å². The van der Waals surface area contributed by atoms with Gasteiger partial charge in [0.2, 0.25) is 0 Å². The molecule has 5 rings (SSSR count). The van der Waals surface area contributed by atoms with E-state index >= 15 is 4.39 Å². The number of H-pyrrole nitrogens is 1. The lowest BCUT2D eigenvalue weighted by Crippen LogP contribution is -2.20. The van der Waals surface area contributed by atoms with E-state index in [2.05, 4.69) is 15.3 Å². The molecular formula is C29H30FN5O3. The number of anilines is 1. The van der Waals surface area contributed by atoms with Crippen LogP contribution in [0.3, 0.4) is 0 Å². The van der Waals surface area contributed by atoms with Gasteiger partial charge in [0, 0.05) is 29.3 Å². The summed E-state index contributed by atoms with van der Waals surface area (Å²) in [5.74, 6) is 0.583. The summed E-state index contributed by atoms with van der Waals surface area (Å²) in [6.45, 7) is 3.29. The fourth-order valence-electron chi connectivity index (χ4n) is 4.38. The summed E-state index contributed by atoms with van der Waals surface area (Å²) in [5, 5.41) is 11.1. The minimum atomic E-state index is -0.710. The summed E-state index contributed by atoms with van der Waals surface area (Å²) >= 11 is 0. The summed E-state index contributed by atoms with van der Waals surface area (Å²) in [6.07, 6.45) is 2.19. The molecule has 4 aromatic rings. The predicted molar refractivity (Wildman–Crippen MR) is 144 cm³/mol. The van der Waals surface area contributed by atoms with Crippen LogP contribution in [-0.2, 0) is 4.74 Å². The number of aromatic amines is 1. The van der Waals surface area contributed by atoms with E-state index in [-0.39, 0.29) is 17.7 Å². The van der Waals surface area contributed by atoms with Crippen molar-refractivity contribution in [3.63, 3.8) is 0 Å². The van der Waals surface area contributed by atoms with Crippen LogP contribution in [0.1, 0.15) is 36.3 Å². The maximum absolute atomic E-state index is 16.1. The molecule has 38 heavy (non-hydrogen) atoms. The lowest BCUT2D eigenvalue weighted by molar-refractivity contribution is 0.137. The summed E-state index contributed by atoms with van der Waals surface area (Å²) in [4.78, 5) is 7.97. The van der Waals surface area contributed by atoms with Gasteiger partial charge < -0.3 is 30.2 Å². The number of nitrogens with zero attached hydrogens (tertiary/aromatic N) is 1. The van der Waals surface area contributed by atoms with Crippen LogP contribution in [-0.4, -0.2) is 41.7 Å². The molecule has 0 aliphatic carbocycles. The zero-order valence-electron chi connectivity index (χ0n) is 21.0. The van der Waals surface area contributed by atoms with Crippen molar-refractivity contribution < 1.29 is 18.6 Å². The van der Waals surface area contributed by atoms with Gasteiger partial charge in [-0.05, 0) is 42.8 Å². The number of nitrogen functional groups attached to an aromatic ring is 1. The molecule has 1 aliphatic heterocycles. The molecule has 8 nitrogen and oxygen atoms in total. The van der Waals surface area contributed by atoms with Crippen molar-refractivity contribution in [1.82, 2.24) is 9.97 Å². The van der Waals surface area contributed by atoms with E-state index in [1.807, 2.05) is 37.3 Å².